The first-order valence-corrected chi connectivity index (χ1v) is 7.00. The highest BCUT2D eigenvalue weighted by molar-refractivity contribution is 5.97. The van der Waals surface area contributed by atoms with Crippen molar-refractivity contribution in [3.05, 3.63) is 29.3 Å². The van der Waals surface area contributed by atoms with Crippen LogP contribution in [0.4, 0.5) is 0 Å². The lowest BCUT2D eigenvalue weighted by molar-refractivity contribution is 0.234. The van der Waals surface area contributed by atoms with Gasteiger partial charge in [0, 0.05) is 23.7 Å². The lowest BCUT2D eigenvalue weighted by Gasteiger charge is -2.25. The molecule has 0 atom stereocenters. The van der Waals surface area contributed by atoms with E-state index in [0.29, 0.717) is 11.6 Å². The minimum absolute atomic E-state index is 0.123. The van der Waals surface area contributed by atoms with Gasteiger partial charge in [-0.3, -0.25) is 4.90 Å². The van der Waals surface area contributed by atoms with Crippen LogP contribution in [0.1, 0.15) is 36.8 Å². The molecule has 3 N–H and O–H groups in total. The first-order chi connectivity index (χ1) is 9.65. The molecule has 0 saturated heterocycles. The zero-order valence-electron chi connectivity index (χ0n) is 12.2. The molecular formula is C15H23N3O2. The molecular weight excluding hydrogens is 254 g/mol. The van der Waals surface area contributed by atoms with Gasteiger partial charge >= 0.3 is 0 Å². The number of rotatable bonds is 5. The Labute approximate surface area is 120 Å². The molecule has 0 aromatic heterocycles. The van der Waals surface area contributed by atoms with Gasteiger partial charge in [0.15, 0.2) is 5.84 Å². The van der Waals surface area contributed by atoms with E-state index in [1.54, 1.807) is 13.2 Å². The monoisotopic (exact) mass is 277 g/mol. The normalized spacial score (nSPS) is 16.9. The smallest absolute Gasteiger partial charge is 0.170 e. The summed E-state index contributed by atoms with van der Waals surface area (Å²) in [5.74, 6) is 0.960. The van der Waals surface area contributed by atoms with E-state index >= 15 is 0 Å². The van der Waals surface area contributed by atoms with Crippen molar-refractivity contribution < 1.29 is 9.94 Å². The summed E-state index contributed by atoms with van der Waals surface area (Å²) in [4.78, 5) is 2.36. The Morgan fingerprint density at radius 1 is 1.45 bits per heavy atom. The molecule has 5 nitrogen and oxygen atoms in total. The minimum atomic E-state index is 0.123. The summed E-state index contributed by atoms with van der Waals surface area (Å²) in [6.45, 7) is 0.806. The number of ether oxygens (including phenoxy) is 1. The number of benzene rings is 1. The predicted molar refractivity (Wildman–Crippen MR) is 79.2 cm³/mol. The molecule has 0 bridgehead atoms. The Kier molecular flexibility index (Phi) is 4.84. The van der Waals surface area contributed by atoms with Crippen LogP contribution in [0, 0.1) is 0 Å². The van der Waals surface area contributed by atoms with Gasteiger partial charge in [-0.25, -0.2) is 0 Å². The Morgan fingerprint density at radius 3 is 2.75 bits per heavy atom. The van der Waals surface area contributed by atoms with E-state index in [1.807, 2.05) is 12.1 Å². The third kappa shape index (κ3) is 3.22. The van der Waals surface area contributed by atoms with Gasteiger partial charge in [-0.05, 0) is 38.1 Å². The van der Waals surface area contributed by atoms with Crippen molar-refractivity contribution in [2.24, 2.45) is 10.9 Å². The molecule has 0 spiro atoms. The second-order valence-corrected chi connectivity index (χ2v) is 5.37. The van der Waals surface area contributed by atoms with E-state index < -0.39 is 0 Å². The standard InChI is InChI=1S/C15H23N3O2/c1-18(13-5-3-4-6-13)10-12-9-11(15(16)17-19)7-8-14(12)20-2/h7-9,13,19H,3-6,10H2,1-2H3,(H2,16,17). The van der Waals surface area contributed by atoms with Crippen LogP contribution >= 0.6 is 0 Å². The summed E-state index contributed by atoms with van der Waals surface area (Å²) < 4.78 is 5.41. The van der Waals surface area contributed by atoms with Crippen molar-refractivity contribution in [1.82, 2.24) is 4.90 Å². The molecule has 0 unspecified atom stereocenters. The molecule has 1 saturated carbocycles. The number of oxime groups is 1. The predicted octanol–water partition coefficient (Wildman–Crippen LogP) is 2.16. The fraction of sp³-hybridized carbons (Fsp3) is 0.533. The van der Waals surface area contributed by atoms with Crippen molar-refractivity contribution >= 4 is 5.84 Å². The molecule has 0 radical (unpaired) electrons. The summed E-state index contributed by atoms with van der Waals surface area (Å²) in [5.41, 5.74) is 7.43. The quantitative estimate of drug-likeness (QED) is 0.374. The maximum atomic E-state index is 8.78. The van der Waals surface area contributed by atoms with Crippen molar-refractivity contribution in [3.63, 3.8) is 0 Å². The number of hydrogen-bond donors (Lipinski definition) is 2. The van der Waals surface area contributed by atoms with Crippen molar-refractivity contribution in [3.8, 4) is 5.75 Å². The molecule has 5 heteroatoms. The highest BCUT2D eigenvalue weighted by atomic mass is 16.5. The van der Waals surface area contributed by atoms with Gasteiger partial charge in [-0.15, -0.1) is 0 Å². The first-order valence-electron chi connectivity index (χ1n) is 7.00. The molecule has 0 amide bonds. The van der Waals surface area contributed by atoms with Crippen LogP contribution in [0.2, 0.25) is 0 Å². The minimum Gasteiger partial charge on any atom is -0.496 e. The molecule has 1 aromatic carbocycles. The Balaban J connectivity index is 2.19. The maximum absolute atomic E-state index is 8.78. The number of methoxy groups -OCH3 is 1. The number of nitrogens with two attached hydrogens (primary N) is 1. The van der Waals surface area contributed by atoms with Crippen LogP contribution in [-0.4, -0.2) is 36.1 Å². The molecule has 1 aliphatic rings. The van der Waals surface area contributed by atoms with E-state index in [-0.39, 0.29) is 5.84 Å². The Hall–Kier alpha value is -1.75. The van der Waals surface area contributed by atoms with E-state index in [2.05, 4.69) is 17.1 Å². The lowest BCUT2D eigenvalue weighted by atomic mass is 10.1. The number of amidine groups is 1. The van der Waals surface area contributed by atoms with Gasteiger partial charge in [-0.1, -0.05) is 18.0 Å². The second-order valence-electron chi connectivity index (χ2n) is 5.37. The SMILES string of the molecule is COc1ccc(/C(N)=N/O)cc1CN(C)C1CCCC1. The van der Waals surface area contributed by atoms with Gasteiger partial charge in [-0.2, -0.15) is 0 Å². The summed E-state index contributed by atoms with van der Waals surface area (Å²) >= 11 is 0. The van der Waals surface area contributed by atoms with Gasteiger partial charge in [0.2, 0.25) is 0 Å². The maximum Gasteiger partial charge on any atom is 0.170 e. The lowest BCUT2D eigenvalue weighted by Crippen LogP contribution is -2.28. The van der Waals surface area contributed by atoms with Crippen LogP contribution in [-0.2, 0) is 6.54 Å². The van der Waals surface area contributed by atoms with E-state index in [9.17, 15) is 0 Å². The van der Waals surface area contributed by atoms with Crippen LogP contribution in [0.15, 0.2) is 23.4 Å². The van der Waals surface area contributed by atoms with Crippen molar-refractivity contribution in [2.75, 3.05) is 14.2 Å². The fourth-order valence-electron chi connectivity index (χ4n) is 2.86. The third-order valence-electron chi connectivity index (χ3n) is 4.05. The molecule has 1 fully saturated rings. The van der Waals surface area contributed by atoms with E-state index in [4.69, 9.17) is 15.7 Å². The summed E-state index contributed by atoms with van der Waals surface area (Å²) in [6, 6.07) is 6.24. The van der Waals surface area contributed by atoms with E-state index in [0.717, 1.165) is 17.9 Å². The highest BCUT2D eigenvalue weighted by Gasteiger charge is 2.20. The van der Waals surface area contributed by atoms with Crippen LogP contribution in [0.3, 0.4) is 0 Å². The molecule has 0 heterocycles. The fourth-order valence-corrected chi connectivity index (χ4v) is 2.86. The number of hydrogen-bond acceptors (Lipinski definition) is 4. The zero-order valence-corrected chi connectivity index (χ0v) is 12.2. The van der Waals surface area contributed by atoms with Crippen molar-refractivity contribution in [1.29, 1.82) is 0 Å². The summed E-state index contributed by atoms with van der Waals surface area (Å²) in [7, 11) is 3.81. The summed E-state index contributed by atoms with van der Waals surface area (Å²) in [5, 5.41) is 11.8. The Morgan fingerprint density at radius 2 is 2.15 bits per heavy atom. The van der Waals surface area contributed by atoms with Gasteiger partial charge < -0.3 is 15.7 Å². The average molecular weight is 277 g/mol. The first kappa shape index (κ1) is 14.7. The van der Waals surface area contributed by atoms with Crippen molar-refractivity contribution in [2.45, 2.75) is 38.3 Å². The van der Waals surface area contributed by atoms with Crippen LogP contribution < -0.4 is 10.5 Å². The molecule has 0 aliphatic heterocycles. The molecule has 2 rings (SSSR count). The topological polar surface area (TPSA) is 71.1 Å². The largest absolute Gasteiger partial charge is 0.496 e. The molecule has 110 valence electrons. The van der Waals surface area contributed by atoms with Gasteiger partial charge in [0.25, 0.3) is 0 Å². The summed E-state index contributed by atoms with van der Waals surface area (Å²) in [6.07, 6.45) is 5.16. The van der Waals surface area contributed by atoms with Gasteiger partial charge in [0.05, 0.1) is 7.11 Å². The molecule has 1 aromatic rings. The molecule has 1 aliphatic carbocycles. The highest BCUT2D eigenvalue weighted by Crippen LogP contribution is 2.27. The second kappa shape index (κ2) is 6.61. The number of nitrogens with zero attached hydrogens (tertiary/aromatic N) is 2. The van der Waals surface area contributed by atoms with E-state index in [1.165, 1.54) is 25.7 Å². The van der Waals surface area contributed by atoms with Crippen LogP contribution in [0.25, 0.3) is 0 Å². The van der Waals surface area contributed by atoms with Crippen LogP contribution in [0.5, 0.6) is 5.75 Å². The molecule has 20 heavy (non-hydrogen) atoms. The zero-order chi connectivity index (χ0) is 14.5. The Bertz CT molecular complexity index is 482. The van der Waals surface area contributed by atoms with Gasteiger partial charge in [0.1, 0.15) is 5.75 Å². The third-order valence-corrected chi connectivity index (χ3v) is 4.05. The average Bonchev–Trinajstić information content (AvgIpc) is 3.00.